The predicted octanol–water partition coefficient (Wildman–Crippen LogP) is 2.68. The Bertz CT molecular complexity index is 395. The van der Waals surface area contributed by atoms with Gasteiger partial charge in [0, 0.05) is 5.02 Å². The molecule has 0 aromatic heterocycles. The monoisotopic (exact) mass is 255 g/mol. The fourth-order valence-corrected chi connectivity index (χ4v) is 1.50. The van der Waals surface area contributed by atoms with Gasteiger partial charge in [-0.1, -0.05) is 29.8 Å². The molecule has 0 aliphatic rings. The fourth-order valence-electron chi connectivity index (χ4n) is 1.30. The lowest BCUT2D eigenvalue weighted by atomic mass is 10.1. The highest BCUT2D eigenvalue weighted by atomic mass is 35.5. The molecule has 0 fully saturated rings. The highest BCUT2D eigenvalue weighted by Gasteiger charge is 2.15. The van der Waals surface area contributed by atoms with E-state index >= 15 is 0 Å². The number of nitrogens with two attached hydrogens (primary N) is 1. The van der Waals surface area contributed by atoms with Crippen LogP contribution in [-0.4, -0.2) is 19.3 Å². The summed E-state index contributed by atoms with van der Waals surface area (Å²) in [6.07, 6.45) is 0.197. The third-order valence-corrected chi connectivity index (χ3v) is 2.22. The molecule has 0 saturated carbocycles. The van der Waals surface area contributed by atoms with Crippen molar-refractivity contribution >= 4 is 17.7 Å². The van der Waals surface area contributed by atoms with E-state index in [-0.39, 0.29) is 6.61 Å². The Labute approximate surface area is 105 Å². The van der Waals surface area contributed by atoms with Crippen molar-refractivity contribution in [3.05, 3.63) is 47.5 Å². The summed E-state index contributed by atoms with van der Waals surface area (Å²) in [6, 6.07) is 6.99. The maximum absolute atomic E-state index is 10.8. The number of benzene rings is 1. The molecule has 0 saturated heterocycles. The van der Waals surface area contributed by atoms with Gasteiger partial charge in [-0.15, -0.1) is 6.58 Å². The van der Waals surface area contributed by atoms with Gasteiger partial charge in [0.2, 0.25) is 0 Å². The molecule has 5 heteroatoms. The zero-order valence-electron chi connectivity index (χ0n) is 9.27. The topological polar surface area (TPSA) is 61.6 Å². The number of hydrogen-bond donors (Lipinski definition) is 1. The van der Waals surface area contributed by atoms with Crippen LogP contribution in [0.4, 0.5) is 4.79 Å². The first-order chi connectivity index (χ1) is 8.13. The van der Waals surface area contributed by atoms with Crippen LogP contribution in [0.25, 0.3) is 0 Å². The van der Waals surface area contributed by atoms with Gasteiger partial charge in [0.05, 0.1) is 13.2 Å². The van der Waals surface area contributed by atoms with Crippen molar-refractivity contribution in [1.82, 2.24) is 0 Å². The van der Waals surface area contributed by atoms with Gasteiger partial charge in [0.1, 0.15) is 0 Å². The SMILES string of the molecule is C=CCOCC(OC(N)=O)c1cccc(Cl)c1. The molecule has 1 rings (SSSR count). The average Bonchev–Trinajstić information content (AvgIpc) is 2.27. The van der Waals surface area contributed by atoms with Gasteiger partial charge in [-0.05, 0) is 17.7 Å². The Hall–Kier alpha value is -1.52. The molecule has 17 heavy (non-hydrogen) atoms. The maximum Gasteiger partial charge on any atom is 0.405 e. The summed E-state index contributed by atoms with van der Waals surface area (Å²) in [6.45, 7) is 4.10. The number of amides is 1. The maximum atomic E-state index is 10.8. The quantitative estimate of drug-likeness (QED) is 0.628. The van der Waals surface area contributed by atoms with Crippen LogP contribution < -0.4 is 5.73 Å². The molecule has 0 radical (unpaired) electrons. The molecule has 1 aromatic rings. The summed E-state index contributed by atoms with van der Waals surface area (Å²) in [5.74, 6) is 0. The van der Waals surface area contributed by atoms with Crippen LogP contribution in [0.5, 0.6) is 0 Å². The average molecular weight is 256 g/mol. The summed E-state index contributed by atoms with van der Waals surface area (Å²) in [5, 5.41) is 0.560. The molecular formula is C12H14ClNO3. The number of primary amides is 1. The third-order valence-electron chi connectivity index (χ3n) is 1.98. The number of ether oxygens (including phenoxy) is 2. The zero-order chi connectivity index (χ0) is 12.7. The number of carbonyl (C=O) groups excluding carboxylic acids is 1. The Morgan fingerprint density at radius 1 is 1.59 bits per heavy atom. The summed E-state index contributed by atoms with van der Waals surface area (Å²) in [4.78, 5) is 10.8. The van der Waals surface area contributed by atoms with Crippen molar-refractivity contribution in [3.63, 3.8) is 0 Å². The second-order valence-electron chi connectivity index (χ2n) is 3.31. The highest BCUT2D eigenvalue weighted by Crippen LogP contribution is 2.21. The minimum atomic E-state index is -0.850. The number of hydrogen-bond acceptors (Lipinski definition) is 3. The van der Waals surface area contributed by atoms with Gasteiger partial charge in [0.15, 0.2) is 6.10 Å². The van der Waals surface area contributed by atoms with E-state index in [1.54, 1.807) is 30.3 Å². The molecule has 2 N–H and O–H groups in total. The van der Waals surface area contributed by atoms with Crippen LogP contribution >= 0.6 is 11.6 Å². The first-order valence-corrected chi connectivity index (χ1v) is 5.41. The second-order valence-corrected chi connectivity index (χ2v) is 3.74. The Balaban J connectivity index is 2.74. The van der Waals surface area contributed by atoms with E-state index in [4.69, 9.17) is 26.8 Å². The van der Waals surface area contributed by atoms with Crippen molar-refractivity contribution < 1.29 is 14.3 Å². The van der Waals surface area contributed by atoms with E-state index in [9.17, 15) is 4.79 Å². The van der Waals surface area contributed by atoms with Crippen LogP contribution in [0.2, 0.25) is 5.02 Å². The number of halogens is 1. The van der Waals surface area contributed by atoms with E-state index in [0.29, 0.717) is 11.6 Å². The molecular weight excluding hydrogens is 242 g/mol. The Morgan fingerprint density at radius 2 is 2.35 bits per heavy atom. The fraction of sp³-hybridized carbons (Fsp3) is 0.250. The van der Waals surface area contributed by atoms with Crippen LogP contribution in [0.1, 0.15) is 11.7 Å². The Kier molecular flexibility index (Phi) is 5.52. The van der Waals surface area contributed by atoms with Crippen LogP contribution in [-0.2, 0) is 9.47 Å². The molecule has 1 unspecified atom stereocenters. The molecule has 0 aliphatic heterocycles. The minimum Gasteiger partial charge on any atom is -0.439 e. The summed E-state index contributed by atoms with van der Waals surface area (Å²) in [7, 11) is 0. The van der Waals surface area contributed by atoms with E-state index < -0.39 is 12.2 Å². The van der Waals surface area contributed by atoms with Crippen molar-refractivity contribution in [1.29, 1.82) is 0 Å². The summed E-state index contributed by atoms with van der Waals surface area (Å²) >= 11 is 5.86. The molecule has 1 atom stereocenters. The molecule has 1 amide bonds. The molecule has 1 aromatic carbocycles. The lowest BCUT2D eigenvalue weighted by Crippen LogP contribution is -2.21. The Morgan fingerprint density at radius 3 is 2.94 bits per heavy atom. The van der Waals surface area contributed by atoms with E-state index in [0.717, 1.165) is 5.56 Å². The lowest BCUT2D eigenvalue weighted by molar-refractivity contribution is 0.0320. The largest absolute Gasteiger partial charge is 0.439 e. The zero-order valence-corrected chi connectivity index (χ0v) is 10.0. The number of rotatable bonds is 6. The molecule has 0 heterocycles. The molecule has 0 spiro atoms. The summed E-state index contributed by atoms with van der Waals surface area (Å²) < 4.78 is 10.2. The van der Waals surface area contributed by atoms with Gasteiger partial charge in [-0.25, -0.2) is 4.79 Å². The van der Waals surface area contributed by atoms with Gasteiger partial charge in [0.25, 0.3) is 0 Å². The smallest absolute Gasteiger partial charge is 0.405 e. The summed E-state index contributed by atoms with van der Waals surface area (Å²) in [5.41, 5.74) is 5.74. The third kappa shape index (κ3) is 4.89. The molecule has 4 nitrogen and oxygen atoms in total. The minimum absolute atomic E-state index is 0.204. The normalized spacial score (nSPS) is 11.8. The molecule has 92 valence electrons. The van der Waals surface area contributed by atoms with Crippen molar-refractivity contribution in [2.24, 2.45) is 5.73 Å². The number of carbonyl (C=O) groups is 1. The van der Waals surface area contributed by atoms with Crippen molar-refractivity contribution in [2.75, 3.05) is 13.2 Å². The van der Waals surface area contributed by atoms with E-state index in [2.05, 4.69) is 6.58 Å². The second kappa shape index (κ2) is 6.93. The predicted molar refractivity (Wildman–Crippen MR) is 65.9 cm³/mol. The molecule has 0 aliphatic carbocycles. The van der Waals surface area contributed by atoms with Gasteiger partial charge < -0.3 is 15.2 Å². The first kappa shape index (κ1) is 13.5. The van der Waals surface area contributed by atoms with Gasteiger partial charge >= 0.3 is 6.09 Å². The highest BCUT2D eigenvalue weighted by molar-refractivity contribution is 6.30. The van der Waals surface area contributed by atoms with Crippen LogP contribution in [0.15, 0.2) is 36.9 Å². The van der Waals surface area contributed by atoms with Crippen LogP contribution in [0.3, 0.4) is 0 Å². The molecule has 0 bridgehead atoms. The first-order valence-electron chi connectivity index (χ1n) is 5.03. The van der Waals surface area contributed by atoms with Crippen molar-refractivity contribution in [2.45, 2.75) is 6.10 Å². The lowest BCUT2D eigenvalue weighted by Gasteiger charge is -2.16. The van der Waals surface area contributed by atoms with Crippen molar-refractivity contribution in [3.8, 4) is 0 Å². The van der Waals surface area contributed by atoms with Gasteiger partial charge in [-0.3, -0.25) is 0 Å². The van der Waals surface area contributed by atoms with E-state index in [1.807, 2.05) is 0 Å². The van der Waals surface area contributed by atoms with Gasteiger partial charge in [-0.2, -0.15) is 0 Å². The van der Waals surface area contributed by atoms with E-state index in [1.165, 1.54) is 0 Å². The van der Waals surface area contributed by atoms with Crippen LogP contribution in [0, 0.1) is 0 Å². The standard InChI is InChI=1S/C12H14ClNO3/c1-2-6-16-8-11(17-12(14)15)9-4-3-5-10(13)7-9/h2-5,7,11H,1,6,8H2,(H2,14,15).